The first-order valence-corrected chi connectivity index (χ1v) is 8.26. The highest BCUT2D eigenvalue weighted by Crippen LogP contribution is 2.24. The van der Waals surface area contributed by atoms with Crippen LogP contribution in [0.5, 0.6) is 0 Å². The Morgan fingerprint density at radius 2 is 2.11 bits per heavy atom. The quantitative estimate of drug-likeness (QED) is 0.849. The van der Waals surface area contributed by atoms with Crippen LogP contribution in [0.2, 0.25) is 0 Å². The van der Waals surface area contributed by atoms with Gasteiger partial charge < -0.3 is 10.6 Å². The van der Waals surface area contributed by atoms with Gasteiger partial charge in [0.25, 0.3) is 0 Å². The number of nitrogens with zero attached hydrogens (tertiary/aromatic N) is 1. The molecule has 0 aromatic carbocycles. The van der Waals surface area contributed by atoms with Crippen LogP contribution in [0, 0.1) is 0 Å². The molecule has 0 aliphatic carbocycles. The molecule has 2 N–H and O–H groups in total. The number of carbonyl (C=O) groups excluding carboxylic acids is 1. The smallest absolute Gasteiger partial charge is 0.242 e. The number of nitrogens with two attached hydrogens (primary N) is 1. The molecule has 2 atom stereocenters. The minimum Gasteiger partial charge on any atom is -0.340 e. The minimum atomic E-state index is -0.680. The zero-order valence-corrected chi connectivity index (χ0v) is 14.1. The lowest BCUT2D eigenvalue weighted by molar-refractivity contribution is -0.136. The Labute approximate surface area is 128 Å². The van der Waals surface area contributed by atoms with Crippen molar-refractivity contribution in [3.63, 3.8) is 0 Å². The van der Waals surface area contributed by atoms with Gasteiger partial charge in [-0.25, -0.2) is 0 Å². The molecule has 0 bridgehead atoms. The molecule has 1 amide bonds. The number of halogens is 1. The van der Waals surface area contributed by atoms with Crippen LogP contribution in [-0.2, 0) is 4.79 Å². The van der Waals surface area contributed by atoms with E-state index in [1.807, 2.05) is 23.6 Å². The maximum absolute atomic E-state index is 12.5. The normalized spacial score (nSPS) is 23.2. The summed E-state index contributed by atoms with van der Waals surface area (Å²) < 4.78 is 0. The standard InChI is InChI=1S/C14H28N2OS.ClH/c1-4-9-14(3,15)13(17)16-10-7-6-8-12(11-16)18-5-2;/h12H,4-11,15H2,1-3H3;1H. The van der Waals surface area contributed by atoms with Crippen LogP contribution < -0.4 is 5.73 Å². The number of hydrogen-bond donors (Lipinski definition) is 1. The van der Waals surface area contributed by atoms with Gasteiger partial charge in [0, 0.05) is 18.3 Å². The summed E-state index contributed by atoms with van der Waals surface area (Å²) in [6.07, 6.45) is 5.32. The summed E-state index contributed by atoms with van der Waals surface area (Å²) in [6.45, 7) is 7.91. The molecular weight excluding hydrogens is 280 g/mol. The Bertz CT molecular complexity index is 274. The molecule has 5 heteroatoms. The molecule has 1 heterocycles. The maximum Gasteiger partial charge on any atom is 0.242 e. The van der Waals surface area contributed by atoms with Gasteiger partial charge in [-0.2, -0.15) is 11.8 Å². The zero-order valence-electron chi connectivity index (χ0n) is 12.5. The Kier molecular flexibility index (Phi) is 9.12. The second-order valence-electron chi connectivity index (χ2n) is 5.49. The van der Waals surface area contributed by atoms with Crippen LogP contribution >= 0.6 is 24.2 Å². The summed E-state index contributed by atoms with van der Waals surface area (Å²) in [6, 6.07) is 0. The molecule has 0 aromatic rings. The summed E-state index contributed by atoms with van der Waals surface area (Å²) >= 11 is 1.98. The molecule has 0 spiro atoms. The van der Waals surface area contributed by atoms with Gasteiger partial charge in [0.1, 0.15) is 0 Å². The fourth-order valence-corrected chi connectivity index (χ4v) is 3.74. The SMILES string of the molecule is CCCC(C)(N)C(=O)N1CCCCC(SCC)C1.Cl. The molecule has 3 nitrogen and oxygen atoms in total. The van der Waals surface area contributed by atoms with Gasteiger partial charge in [0.2, 0.25) is 5.91 Å². The predicted molar refractivity (Wildman–Crippen MR) is 87.1 cm³/mol. The van der Waals surface area contributed by atoms with Gasteiger partial charge in [0.05, 0.1) is 5.54 Å². The number of likely N-dealkylation sites (tertiary alicyclic amines) is 1. The molecule has 0 aromatic heterocycles. The molecular formula is C14H29ClN2OS. The maximum atomic E-state index is 12.5. The van der Waals surface area contributed by atoms with Gasteiger partial charge in [-0.05, 0) is 31.9 Å². The molecule has 1 aliphatic heterocycles. The summed E-state index contributed by atoms with van der Waals surface area (Å²) in [5.74, 6) is 1.27. The number of carbonyl (C=O) groups is 1. The number of thioether (sulfide) groups is 1. The van der Waals surface area contributed by atoms with Gasteiger partial charge in [-0.15, -0.1) is 12.4 Å². The second kappa shape index (κ2) is 9.09. The van der Waals surface area contributed by atoms with Crippen molar-refractivity contribution < 1.29 is 4.79 Å². The average molecular weight is 309 g/mol. The van der Waals surface area contributed by atoms with E-state index in [9.17, 15) is 4.79 Å². The third kappa shape index (κ3) is 5.92. The van der Waals surface area contributed by atoms with Crippen molar-refractivity contribution in [2.24, 2.45) is 5.73 Å². The lowest BCUT2D eigenvalue weighted by Crippen LogP contribution is -2.54. The van der Waals surface area contributed by atoms with Crippen LogP contribution in [0.1, 0.15) is 52.9 Å². The highest BCUT2D eigenvalue weighted by molar-refractivity contribution is 7.99. The van der Waals surface area contributed by atoms with Gasteiger partial charge in [-0.3, -0.25) is 4.79 Å². The Morgan fingerprint density at radius 1 is 1.42 bits per heavy atom. The summed E-state index contributed by atoms with van der Waals surface area (Å²) in [7, 11) is 0. The largest absolute Gasteiger partial charge is 0.340 e. The van der Waals surface area contributed by atoms with Crippen molar-refractivity contribution in [1.82, 2.24) is 4.90 Å². The predicted octanol–water partition coefficient (Wildman–Crippen LogP) is 3.06. The van der Waals surface area contributed by atoms with E-state index in [0.29, 0.717) is 5.25 Å². The number of rotatable bonds is 5. The Morgan fingerprint density at radius 3 is 2.68 bits per heavy atom. The second-order valence-corrected chi connectivity index (χ2v) is 7.07. The fraction of sp³-hybridized carbons (Fsp3) is 0.929. The summed E-state index contributed by atoms with van der Waals surface area (Å²) in [4.78, 5) is 14.5. The van der Waals surface area contributed by atoms with E-state index < -0.39 is 5.54 Å². The molecule has 0 radical (unpaired) electrons. The van der Waals surface area contributed by atoms with E-state index in [2.05, 4.69) is 13.8 Å². The number of hydrogen-bond acceptors (Lipinski definition) is 3. The van der Waals surface area contributed by atoms with E-state index in [1.165, 1.54) is 12.8 Å². The van der Waals surface area contributed by atoms with E-state index >= 15 is 0 Å². The van der Waals surface area contributed by atoms with Gasteiger partial charge in [-0.1, -0.05) is 26.7 Å². The van der Waals surface area contributed by atoms with Crippen LogP contribution in [0.3, 0.4) is 0 Å². The summed E-state index contributed by atoms with van der Waals surface area (Å²) in [5, 5.41) is 0.596. The molecule has 19 heavy (non-hydrogen) atoms. The zero-order chi connectivity index (χ0) is 13.6. The van der Waals surface area contributed by atoms with Crippen molar-refractivity contribution in [2.75, 3.05) is 18.8 Å². The van der Waals surface area contributed by atoms with Crippen molar-refractivity contribution >= 4 is 30.1 Å². The molecule has 1 aliphatic rings. The van der Waals surface area contributed by atoms with Crippen molar-refractivity contribution in [3.8, 4) is 0 Å². The molecule has 1 fully saturated rings. The monoisotopic (exact) mass is 308 g/mol. The van der Waals surface area contributed by atoms with Gasteiger partial charge in [0.15, 0.2) is 0 Å². The first-order chi connectivity index (χ1) is 8.51. The van der Waals surface area contributed by atoms with Crippen molar-refractivity contribution in [2.45, 2.75) is 63.7 Å². The van der Waals surface area contributed by atoms with Crippen molar-refractivity contribution in [1.29, 1.82) is 0 Å². The Hall–Kier alpha value is 0.0700. The number of amides is 1. The van der Waals surface area contributed by atoms with Gasteiger partial charge >= 0.3 is 0 Å². The van der Waals surface area contributed by atoms with Crippen LogP contribution in [0.25, 0.3) is 0 Å². The van der Waals surface area contributed by atoms with Crippen LogP contribution in [0.15, 0.2) is 0 Å². The molecule has 1 saturated heterocycles. The van der Waals surface area contributed by atoms with E-state index in [-0.39, 0.29) is 18.3 Å². The first kappa shape index (κ1) is 19.1. The minimum absolute atomic E-state index is 0. The van der Waals surface area contributed by atoms with Crippen molar-refractivity contribution in [3.05, 3.63) is 0 Å². The third-order valence-corrected chi connectivity index (χ3v) is 4.77. The molecule has 1 rings (SSSR count). The topological polar surface area (TPSA) is 46.3 Å². The highest BCUT2D eigenvalue weighted by atomic mass is 35.5. The first-order valence-electron chi connectivity index (χ1n) is 7.21. The highest BCUT2D eigenvalue weighted by Gasteiger charge is 2.33. The lowest BCUT2D eigenvalue weighted by Gasteiger charge is -2.32. The van der Waals surface area contributed by atoms with E-state index in [4.69, 9.17) is 5.73 Å². The molecule has 0 saturated carbocycles. The van der Waals surface area contributed by atoms with Crippen LogP contribution in [0.4, 0.5) is 0 Å². The van der Waals surface area contributed by atoms with E-state index in [1.54, 1.807) is 0 Å². The molecule has 2 unspecified atom stereocenters. The van der Waals surface area contributed by atoms with E-state index in [0.717, 1.165) is 38.1 Å². The third-order valence-electron chi connectivity index (χ3n) is 3.58. The molecule has 114 valence electrons. The average Bonchev–Trinajstić information content (AvgIpc) is 2.54. The summed E-state index contributed by atoms with van der Waals surface area (Å²) in [5.41, 5.74) is 5.49. The lowest BCUT2D eigenvalue weighted by atomic mass is 9.95. The fourth-order valence-electron chi connectivity index (χ4n) is 2.65. The van der Waals surface area contributed by atoms with Crippen LogP contribution in [-0.4, -0.2) is 40.4 Å². The Balaban J connectivity index is 0.00000324.